The van der Waals surface area contributed by atoms with Crippen LogP contribution in [-0.4, -0.2) is 39.9 Å². The summed E-state index contributed by atoms with van der Waals surface area (Å²) in [5.74, 6) is 5.64. The minimum absolute atomic E-state index is 0.254. The highest BCUT2D eigenvalue weighted by molar-refractivity contribution is 7.89. The Morgan fingerprint density at radius 1 is 1.15 bits per heavy atom. The maximum atomic E-state index is 12.9. The fourth-order valence-corrected chi connectivity index (χ4v) is 6.27. The van der Waals surface area contributed by atoms with Crippen LogP contribution in [0.4, 0.5) is 13.2 Å². The van der Waals surface area contributed by atoms with Crippen molar-refractivity contribution in [2.45, 2.75) is 24.0 Å². The van der Waals surface area contributed by atoms with Gasteiger partial charge < -0.3 is 0 Å². The summed E-state index contributed by atoms with van der Waals surface area (Å²) in [5, 5.41) is 13.8. The molecule has 0 amide bonds. The van der Waals surface area contributed by atoms with Gasteiger partial charge in [0.15, 0.2) is 0 Å². The van der Waals surface area contributed by atoms with Crippen molar-refractivity contribution in [1.29, 1.82) is 0 Å². The molecule has 0 aliphatic heterocycles. The van der Waals surface area contributed by atoms with Crippen LogP contribution in [0.5, 0.6) is 0 Å². The van der Waals surface area contributed by atoms with Crippen molar-refractivity contribution in [1.82, 2.24) is 29.7 Å². The van der Waals surface area contributed by atoms with E-state index in [-0.39, 0.29) is 6.54 Å². The lowest BCUT2D eigenvalue weighted by atomic mass is 10.1. The van der Waals surface area contributed by atoms with Gasteiger partial charge in [-0.2, -0.15) is 28.1 Å². The number of aromatic nitrogens is 5. The van der Waals surface area contributed by atoms with Crippen molar-refractivity contribution < 1.29 is 21.6 Å². The number of rotatable bonds is 6. The zero-order chi connectivity index (χ0) is 27.9. The molecular formula is C27H19F3N6O2S2. The van der Waals surface area contributed by atoms with Gasteiger partial charge in [0.25, 0.3) is 0 Å². The van der Waals surface area contributed by atoms with Crippen LogP contribution < -0.4 is 4.72 Å². The number of nitrogens with one attached hydrogen (secondary N) is 2. The number of hydrogen-bond donors (Lipinski definition) is 2. The van der Waals surface area contributed by atoms with Crippen molar-refractivity contribution >= 4 is 21.4 Å². The largest absolute Gasteiger partial charge is 0.416 e. The Morgan fingerprint density at radius 3 is 2.83 bits per heavy atom. The van der Waals surface area contributed by atoms with E-state index in [1.54, 1.807) is 11.0 Å². The second-order valence-electron chi connectivity index (χ2n) is 9.04. The molecule has 6 rings (SSSR count). The first-order chi connectivity index (χ1) is 19.2. The summed E-state index contributed by atoms with van der Waals surface area (Å²) in [4.78, 5) is 4.22. The Morgan fingerprint density at radius 2 is 2.02 bits per heavy atom. The molecule has 0 saturated heterocycles. The highest BCUT2D eigenvalue weighted by Crippen LogP contribution is 2.41. The molecule has 8 nitrogen and oxygen atoms in total. The number of H-pyrrole nitrogens is 1. The molecule has 0 bridgehead atoms. The van der Waals surface area contributed by atoms with Crippen LogP contribution >= 0.6 is 11.3 Å². The summed E-state index contributed by atoms with van der Waals surface area (Å²) >= 11 is 1.40. The van der Waals surface area contributed by atoms with Crippen molar-refractivity contribution in [3.05, 3.63) is 93.7 Å². The molecule has 40 heavy (non-hydrogen) atoms. The molecule has 0 atom stereocenters. The van der Waals surface area contributed by atoms with E-state index in [1.807, 2.05) is 11.4 Å². The number of fused-ring (bicyclic) bond motifs is 3. The number of alkyl halides is 3. The van der Waals surface area contributed by atoms with E-state index in [0.717, 1.165) is 58.3 Å². The number of hydrogen-bond acceptors (Lipinski definition) is 6. The first-order valence-electron chi connectivity index (χ1n) is 11.9. The lowest BCUT2D eigenvalue weighted by Crippen LogP contribution is -2.24. The summed E-state index contributed by atoms with van der Waals surface area (Å²) in [6.45, 7) is 0.380. The number of halogens is 3. The molecule has 2 aromatic carbocycles. The monoisotopic (exact) mass is 580 g/mol. The number of nitrogens with zero attached hydrogens (tertiary/aromatic N) is 4. The topological polar surface area (TPSA) is 106 Å². The summed E-state index contributed by atoms with van der Waals surface area (Å²) in [6.07, 6.45) is -0.716. The van der Waals surface area contributed by atoms with Gasteiger partial charge >= 0.3 is 6.18 Å². The third-order valence-corrected chi connectivity index (χ3v) is 8.64. The van der Waals surface area contributed by atoms with E-state index < -0.39 is 26.7 Å². The van der Waals surface area contributed by atoms with Gasteiger partial charge in [0.05, 0.1) is 39.8 Å². The molecule has 0 spiro atoms. The minimum Gasteiger partial charge on any atom is -0.277 e. The van der Waals surface area contributed by atoms with Crippen LogP contribution in [0.2, 0.25) is 0 Å². The van der Waals surface area contributed by atoms with Gasteiger partial charge in [-0.25, -0.2) is 18.1 Å². The van der Waals surface area contributed by atoms with Gasteiger partial charge in [0.1, 0.15) is 12.7 Å². The molecular weight excluding hydrogens is 561 g/mol. The molecule has 13 heteroatoms. The van der Waals surface area contributed by atoms with Crippen molar-refractivity contribution in [2.24, 2.45) is 0 Å². The maximum absolute atomic E-state index is 12.9. The summed E-state index contributed by atoms with van der Waals surface area (Å²) in [6, 6.07) is 11.8. The fourth-order valence-electron chi connectivity index (χ4n) is 4.54. The summed E-state index contributed by atoms with van der Waals surface area (Å²) in [7, 11) is -4.15. The molecule has 0 radical (unpaired) electrons. The second kappa shape index (κ2) is 10.1. The Hall–Kier alpha value is -4.25. The Kier molecular flexibility index (Phi) is 6.53. The molecule has 0 saturated carbocycles. The lowest BCUT2D eigenvalue weighted by molar-refractivity contribution is -0.137. The summed E-state index contributed by atoms with van der Waals surface area (Å²) < 4.78 is 67.6. The van der Waals surface area contributed by atoms with Gasteiger partial charge in [0.2, 0.25) is 10.0 Å². The SMILES string of the molecule is O=S(=O)(NCC#Cc1cc(-c2n[nH]c3c2Cc2cc(Cn4cncn4)ccc2-3)cs1)c1cccc(C(F)(F)F)c1. The van der Waals surface area contributed by atoms with E-state index in [0.29, 0.717) is 17.5 Å². The van der Waals surface area contributed by atoms with Gasteiger partial charge in [-0.15, -0.1) is 11.3 Å². The maximum Gasteiger partial charge on any atom is 0.416 e. The van der Waals surface area contributed by atoms with E-state index in [9.17, 15) is 21.6 Å². The van der Waals surface area contributed by atoms with E-state index in [1.165, 1.54) is 23.2 Å². The van der Waals surface area contributed by atoms with Gasteiger partial charge in [-0.05, 0) is 35.4 Å². The van der Waals surface area contributed by atoms with Crippen LogP contribution in [-0.2, 0) is 29.2 Å². The third-order valence-electron chi connectivity index (χ3n) is 6.39. The first kappa shape index (κ1) is 26.0. The molecule has 0 unspecified atom stereocenters. The van der Waals surface area contributed by atoms with E-state index >= 15 is 0 Å². The van der Waals surface area contributed by atoms with Gasteiger partial charge in [-0.1, -0.05) is 36.1 Å². The smallest absolute Gasteiger partial charge is 0.277 e. The second-order valence-corrected chi connectivity index (χ2v) is 11.7. The molecule has 3 heterocycles. The van der Waals surface area contributed by atoms with Crippen molar-refractivity contribution in [2.75, 3.05) is 6.54 Å². The molecule has 1 aliphatic carbocycles. The Bertz CT molecular complexity index is 1880. The first-order valence-corrected chi connectivity index (χ1v) is 14.3. The highest BCUT2D eigenvalue weighted by atomic mass is 32.2. The van der Waals surface area contributed by atoms with Crippen LogP contribution in [0, 0.1) is 11.8 Å². The molecule has 0 fully saturated rings. The fraction of sp³-hybridized carbons (Fsp3) is 0.148. The predicted octanol–water partition coefficient (Wildman–Crippen LogP) is 4.70. The quantitative estimate of drug-likeness (QED) is 0.278. The van der Waals surface area contributed by atoms with E-state index in [2.05, 4.69) is 55.0 Å². The van der Waals surface area contributed by atoms with Crippen LogP contribution in [0.25, 0.3) is 22.5 Å². The average Bonchev–Trinajstić information content (AvgIpc) is 3.71. The minimum atomic E-state index is -4.64. The van der Waals surface area contributed by atoms with Gasteiger partial charge in [-0.3, -0.25) is 5.10 Å². The average molecular weight is 581 g/mol. The van der Waals surface area contributed by atoms with Crippen molar-refractivity contribution in [3.8, 4) is 34.4 Å². The number of thiophene rings is 1. The third kappa shape index (κ3) is 5.16. The molecule has 2 N–H and O–H groups in total. The van der Waals surface area contributed by atoms with Gasteiger partial charge in [0, 0.05) is 28.5 Å². The molecule has 202 valence electrons. The van der Waals surface area contributed by atoms with Crippen molar-refractivity contribution in [3.63, 3.8) is 0 Å². The molecule has 5 aromatic rings. The zero-order valence-electron chi connectivity index (χ0n) is 20.5. The van der Waals surface area contributed by atoms with E-state index in [4.69, 9.17) is 0 Å². The normalized spacial score (nSPS) is 12.6. The Labute approximate surface area is 231 Å². The Balaban J connectivity index is 1.13. The van der Waals surface area contributed by atoms with Crippen LogP contribution in [0.1, 0.15) is 27.1 Å². The molecule has 1 aliphatic rings. The number of sulfonamides is 1. The number of aromatic amines is 1. The van der Waals surface area contributed by atoms with Crippen LogP contribution in [0.15, 0.2) is 71.5 Å². The zero-order valence-corrected chi connectivity index (χ0v) is 22.2. The summed E-state index contributed by atoms with van der Waals surface area (Å²) in [5.41, 5.74) is 6.21. The molecule has 3 aromatic heterocycles. The number of benzene rings is 2. The van der Waals surface area contributed by atoms with Crippen LogP contribution in [0.3, 0.4) is 0 Å². The predicted molar refractivity (Wildman–Crippen MR) is 143 cm³/mol. The lowest BCUT2D eigenvalue weighted by Gasteiger charge is -2.09. The standard InChI is InChI=1S/C27H19F3N6O2S2/c28-27(29,30)20-3-1-5-22(12-20)40(37,38)33-8-2-4-21-10-19(14-39-21)25-24-11-18-9-17(13-36-16-31-15-32-36)6-7-23(18)26(24)35-34-25/h1,3,5-7,9-10,12,14-16,33H,8,11,13H2,(H,34,35). The highest BCUT2D eigenvalue weighted by Gasteiger charge is 2.31.